The molecule has 0 aliphatic carbocycles. The summed E-state index contributed by atoms with van der Waals surface area (Å²) >= 11 is 0. The van der Waals surface area contributed by atoms with E-state index in [4.69, 9.17) is 4.74 Å². The lowest BCUT2D eigenvalue weighted by atomic mass is 10.2. The molecule has 14 heavy (non-hydrogen) atoms. The molecule has 0 saturated carbocycles. The molecule has 0 saturated heterocycles. The van der Waals surface area contributed by atoms with Crippen molar-refractivity contribution < 1.29 is 14.6 Å². The predicted molar refractivity (Wildman–Crippen MR) is 50.7 cm³/mol. The fourth-order valence-electron chi connectivity index (χ4n) is 0.940. The molecule has 1 aromatic carbocycles. The van der Waals surface area contributed by atoms with E-state index in [1.165, 1.54) is 0 Å². The maximum atomic E-state index is 10.4. The first kappa shape index (κ1) is 10.3. The minimum absolute atomic E-state index is 0.0612. The van der Waals surface area contributed by atoms with Crippen LogP contribution in [-0.2, 0) is 4.79 Å². The maximum absolute atomic E-state index is 10.4. The summed E-state index contributed by atoms with van der Waals surface area (Å²) in [6, 6.07) is 8.97. The molecule has 0 N–H and O–H groups in total. The molecule has 0 bridgehead atoms. The SMILES string of the molecule is C=C(C(=O)[O-])C(C)Oc1ccccc1. The zero-order valence-electron chi connectivity index (χ0n) is 7.90. The van der Waals surface area contributed by atoms with Crippen molar-refractivity contribution in [1.82, 2.24) is 0 Å². The number of rotatable bonds is 4. The van der Waals surface area contributed by atoms with Crippen molar-refractivity contribution >= 4 is 5.97 Å². The fraction of sp³-hybridized carbons (Fsp3) is 0.182. The van der Waals surface area contributed by atoms with Gasteiger partial charge in [0.15, 0.2) is 0 Å². The molecule has 0 radical (unpaired) electrons. The molecule has 0 aliphatic rings. The number of ether oxygens (including phenoxy) is 1. The summed E-state index contributed by atoms with van der Waals surface area (Å²) in [6.07, 6.45) is -0.581. The van der Waals surface area contributed by atoms with Gasteiger partial charge in [-0.1, -0.05) is 24.8 Å². The summed E-state index contributed by atoms with van der Waals surface area (Å²) in [7, 11) is 0. The van der Waals surface area contributed by atoms with E-state index < -0.39 is 12.1 Å². The second-order valence-electron chi connectivity index (χ2n) is 2.89. The number of carboxylic acid groups (broad SMARTS) is 1. The molecule has 0 spiro atoms. The molecule has 3 heteroatoms. The van der Waals surface area contributed by atoms with Crippen LogP contribution in [0.5, 0.6) is 5.75 Å². The molecule has 0 fully saturated rings. The number of aliphatic carboxylic acids is 1. The van der Waals surface area contributed by atoms with Gasteiger partial charge in [-0.25, -0.2) is 0 Å². The Morgan fingerprint density at radius 3 is 2.50 bits per heavy atom. The second kappa shape index (κ2) is 4.46. The molecule has 3 nitrogen and oxygen atoms in total. The van der Waals surface area contributed by atoms with E-state index in [2.05, 4.69) is 6.58 Å². The average Bonchev–Trinajstić information content (AvgIpc) is 2.18. The summed E-state index contributed by atoms with van der Waals surface area (Å²) in [4.78, 5) is 10.4. The summed E-state index contributed by atoms with van der Waals surface area (Å²) in [5.41, 5.74) is -0.0612. The number of carbonyl (C=O) groups is 1. The first-order chi connectivity index (χ1) is 6.61. The normalized spacial score (nSPS) is 11.8. The van der Waals surface area contributed by atoms with Gasteiger partial charge in [-0.05, 0) is 19.1 Å². The Bertz CT molecular complexity index is 330. The maximum Gasteiger partial charge on any atom is 0.122 e. The smallest absolute Gasteiger partial charge is 0.122 e. The van der Waals surface area contributed by atoms with E-state index in [1.54, 1.807) is 19.1 Å². The molecular formula is C11H11O3-. The highest BCUT2D eigenvalue weighted by Gasteiger charge is 2.08. The Kier molecular flexibility index (Phi) is 3.29. The Morgan fingerprint density at radius 2 is 2.00 bits per heavy atom. The molecular weight excluding hydrogens is 180 g/mol. The lowest BCUT2D eigenvalue weighted by Crippen LogP contribution is -2.31. The average molecular weight is 191 g/mol. The number of hydrogen-bond donors (Lipinski definition) is 0. The lowest BCUT2D eigenvalue weighted by Gasteiger charge is -2.17. The van der Waals surface area contributed by atoms with Crippen LogP contribution < -0.4 is 9.84 Å². The van der Waals surface area contributed by atoms with Gasteiger partial charge in [0.2, 0.25) is 0 Å². The Morgan fingerprint density at radius 1 is 1.43 bits per heavy atom. The van der Waals surface area contributed by atoms with Crippen molar-refractivity contribution in [2.45, 2.75) is 13.0 Å². The van der Waals surface area contributed by atoms with Crippen molar-refractivity contribution in [2.75, 3.05) is 0 Å². The van der Waals surface area contributed by atoms with E-state index in [-0.39, 0.29) is 5.57 Å². The van der Waals surface area contributed by atoms with Crippen LogP contribution in [0.1, 0.15) is 6.92 Å². The number of carbonyl (C=O) groups excluding carboxylic acids is 1. The number of benzene rings is 1. The second-order valence-corrected chi connectivity index (χ2v) is 2.89. The molecule has 0 amide bonds. The van der Waals surface area contributed by atoms with Crippen LogP contribution >= 0.6 is 0 Å². The Labute approximate surface area is 82.6 Å². The largest absolute Gasteiger partial charge is 0.545 e. The Balaban J connectivity index is 2.62. The van der Waals surface area contributed by atoms with Gasteiger partial charge >= 0.3 is 0 Å². The summed E-state index contributed by atoms with van der Waals surface area (Å²) < 4.78 is 5.32. The van der Waals surface area contributed by atoms with Gasteiger partial charge in [0, 0.05) is 5.57 Å². The van der Waals surface area contributed by atoms with E-state index in [1.807, 2.05) is 18.2 Å². The first-order valence-electron chi connectivity index (χ1n) is 4.23. The van der Waals surface area contributed by atoms with Gasteiger partial charge in [0.1, 0.15) is 11.9 Å². The highest BCUT2D eigenvalue weighted by atomic mass is 16.5. The van der Waals surface area contributed by atoms with Gasteiger partial charge in [-0.3, -0.25) is 0 Å². The van der Waals surface area contributed by atoms with E-state index >= 15 is 0 Å². The zero-order valence-corrected chi connectivity index (χ0v) is 7.90. The highest BCUT2D eigenvalue weighted by molar-refractivity contribution is 5.85. The molecule has 74 valence electrons. The molecule has 1 unspecified atom stereocenters. The quantitative estimate of drug-likeness (QED) is 0.660. The van der Waals surface area contributed by atoms with Gasteiger partial charge in [0.05, 0.1) is 5.97 Å². The standard InChI is InChI=1S/C11H12O3/c1-8(11(12)13)9(2)14-10-6-4-3-5-7-10/h3-7,9H,1H2,2H3,(H,12,13)/p-1. The van der Waals surface area contributed by atoms with Crippen LogP contribution in [0, 0.1) is 0 Å². The molecule has 1 aromatic rings. The third-order valence-corrected chi connectivity index (χ3v) is 1.81. The highest BCUT2D eigenvalue weighted by Crippen LogP contribution is 2.13. The van der Waals surface area contributed by atoms with Gasteiger partial charge in [0.25, 0.3) is 0 Å². The number of hydrogen-bond acceptors (Lipinski definition) is 3. The van der Waals surface area contributed by atoms with Gasteiger partial charge in [-0.15, -0.1) is 0 Å². The first-order valence-corrected chi connectivity index (χ1v) is 4.23. The monoisotopic (exact) mass is 191 g/mol. The topological polar surface area (TPSA) is 49.4 Å². The third-order valence-electron chi connectivity index (χ3n) is 1.81. The van der Waals surface area contributed by atoms with Crippen LogP contribution in [0.3, 0.4) is 0 Å². The molecule has 0 aliphatic heterocycles. The van der Waals surface area contributed by atoms with E-state index in [0.717, 1.165) is 0 Å². The molecule has 0 aromatic heterocycles. The zero-order chi connectivity index (χ0) is 10.6. The lowest BCUT2D eigenvalue weighted by molar-refractivity contribution is -0.300. The van der Waals surface area contributed by atoms with E-state index in [0.29, 0.717) is 5.75 Å². The van der Waals surface area contributed by atoms with E-state index in [9.17, 15) is 9.90 Å². The van der Waals surface area contributed by atoms with Crippen LogP contribution in [0.4, 0.5) is 0 Å². The fourth-order valence-corrected chi connectivity index (χ4v) is 0.940. The molecule has 1 rings (SSSR count). The molecule has 0 heterocycles. The third kappa shape index (κ3) is 2.62. The van der Waals surface area contributed by atoms with Crippen molar-refractivity contribution in [3.63, 3.8) is 0 Å². The minimum atomic E-state index is -1.28. The van der Waals surface area contributed by atoms with Crippen LogP contribution in [-0.4, -0.2) is 12.1 Å². The van der Waals surface area contributed by atoms with Crippen molar-refractivity contribution in [1.29, 1.82) is 0 Å². The summed E-state index contributed by atoms with van der Waals surface area (Å²) in [6.45, 7) is 4.98. The van der Waals surface area contributed by atoms with Crippen molar-refractivity contribution in [3.8, 4) is 5.75 Å². The Hall–Kier alpha value is -1.77. The van der Waals surface area contributed by atoms with Gasteiger partial charge in [-0.2, -0.15) is 0 Å². The van der Waals surface area contributed by atoms with Crippen LogP contribution in [0.25, 0.3) is 0 Å². The van der Waals surface area contributed by atoms with Gasteiger partial charge < -0.3 is 14.6 Å². The minimum Gasteiger partial charge on any atom is -0.545 e. The van der Waals surface area contributed by atoms with Crippen molar-refractivity contribution in [2.24, 2.45) is 0 Å². The summed E-state index contributed by atoms with van der Waals surface area (Å²) in [5, 5.41) is 10.4. The van der Waals surface area contributed by atoms with Crippen molar-refractivity contribution in [3.05, 3.63) is 42.5 Å². The number of carboxylic acids is 1. The number of para-hydroxylation sites is 1. The molecule has 1 atom stereocenters. The van der Waals surface area contributed by atoms with Crippen LogP contribution in [0.2, 0.25) is 0 Å². The van der Waals surface area contributed by atoms with Crippen LogP contribution in [0.15, 0.2) is 42.5 Å². The predicted octanol–water partition coefficient (Wildman–Crippen LogP) is 0.760. The summed E-state index contributed by atoms with van der Waals surface area (Å²) in [5.74, 6) is -0.671.